The zero-order chi connectivity index (χ0) is 46.0. The van der Waals surface area contributed by atoms with Crippen molar-refractivity contribution in [2.75, 3.05) is 33.2 Å². The maximum absolute atomic E-state index is 13.0. The second-order valence-electron chi connectivity index (χ2n) is 21.4. The Hall–Kier alpha value is -3.38. The summed E-state index contributed by atoms with van der Waals surface area (Å²) < 4.78 is 39.0. The van der Waals surface area contributed by atoms with Crippen LogP contribution in [0.4, 0.5) is 0 Å². The number of amides is 2. The van der Waals surface area contributed by atoms with Crippen LogP contribution in [0.25, 0.3) is 0 Å². The van der Waals surface area contributed by atoms with Gasteiger partial charge in [0, 0.05) is 60.7 Å². The topological polar surface area (TPSA) is 154 Å². The highest BCUT2D eigenvalue weighted by Crippen LogP contribution is 2.62. The predicted octanol–water partition coefficient (Wildman–Crippen LogP) is 7.73. The maximum Gasteiger partial charge on any atom is 0.251 e. The zero-order valence-corrected chi connectivity index (χ0v) is 39.8. The Morgan fingerprint density at radius 1 is 0.591 bits per heavy atom. The van der Waals surface area contributed by atoms with E-state index < -0.39 is 47.9 Å². The summed E-state index contributed by atoms with van der Waals surface area (Å²) in [6.45, 7) is 15.5. The molecule has 2 aromatic carbocycles. The van der Waals surface area contributed by atoms with Crippen molar-refractivity contribution in [3.05, 3.63) is 59.7 Å². The van der Waals surface area contributed by atoms with E-state index in [4.69, 9.17) is 48.0 Å². The third kappa shape index (κ3) is 8.35. The van der Waals surface area contributed by atoms with Gasteiger partial charge < -0.3 is 44.0 Å². The molecule has 362 valence electrons. The molecule has 2 spiro atoms. The predicted molar refractivity (Wildman–Crippen MR) is 239 cm³/mol. The molecule has 4 bridgehead atoms. The summed E-state index contributed by atoms with van der Waals surface area (Å²) in [4.78, 5) is 52.7. The molecule has 12 rings (SSSR count). The number of fused-ring (bicyclic) bond motifs is 4. The smallest absolute Gasteiger partial charge is 0.251 e. The van der Waals surface area contributed by atoms with Crippen LogP contribution in [0.15, 0.2) is 48.5 Å². The Bertz CT molecular complexity index is 1920. The van der Waals surface area contributed by atoms with Crippen molar-refractivity contribution in [1.82, 2.24) is 15.5 Å². The number of nitrogens with one attached hydrogen (secondary N) is 2. The lowest BCUT2D eigenvalue weighted by Gasteiger charge is -2.60. The van der Waals surface area contributed by atoms with Gasteiger partial charge in [0.05, 0.1) is 0 Å². The summed E-state index contributed by atoms with van der Waals surface area (Å²) in [5.74, 6) is 1.32. The molecule has 2 aromatic rings. The summed E-state index contributed by atoms with van der Waals surface area (Å²) in [5.41, 5.74) is -0.145. The fourth-order valence-electron chi connectivity index (χ4n) is 13.1. The van der Waals surface area contributed by atoms with Gasteiger partial charge in [-0.15, -0.1) is 0 Å². The van der Waals surface area contributed by atoms with E-state index in [1.165, 1.54) is 0 Å². The molecule has 7 unspecified atom stereocenters. The molecular weight excluding hydrogens is 847 g/mol. The Balaban J connectivity index is 0.626. The van der Waals surface area contributed by atoms with Crippen molar-refractivity contribution in [1.29, 1.82) is 0 Å². The SMILES string of the molecule is C[C@H]1C(Oc2ccc(C(=O)NCCCN(C)CCCNC(=O)c3ccc(O[C@H]4OC5O[C@]6(C)CCC7[C@H](C)CCC([C@H]4C)[C@@]57OO6)cc3)cc2)OC2O[C@@]3(C)CCC4[C@H](C)CCC1[C@@]24OO3. The average Bonchev–Trinajstić information content (AvgIpc) is 3.68. The number of carbonyl (C=O) groups is 2. The minimum atomic E-state index is -0.841. The normalized spacial score (nSPS) is 42.1. The van der Waals surface area contributed by atoms with E-state index in [-0.39, 0.29) is 35.5 Å². The molecule has 0 aromatic heterocycles. The third-order valence-electron chi connectivity index (χ3n) is 16.9. The lowest BCUT2D eigenvalue weighted by molar-refractivity contribution is -0.575. The van der Waals surface area contributed by atoms with Crippen molar-refractivity contribution in [2.24, 2.45) is 47.3 Å². The van der Waals surface area contributed by atoms with Gasteiger partial charge in [-0.25, -0.2) is 19.6 Å². The Morgan fingerprint density at radius 2 is 1.00 bits per heavy atom. The van der Waals surface area contributed by atoms with E-state index in [2.05, 4.69) is 50.3 Å². The Labute approximate surface area is 389 Å². The number of benzene rings is 2. The molecule has 8 heterocycles. The molecule has 10 fully saturated rings. The summed E-state index contributed by atoms with van der Waals surface area (Å²) in [6.07, 6.45) is 7.10. The molecule has 2 amide bonds. The number of rotatable bonds is 14. The molecule has 16 atom stereocenters. The van der Waals surface area contributed by atoms with E-state index in [0.29, 0.717) is 59.4 Å². The maximum atomic E-state index is 13.0. The van der Waals surface area contributed by atoms with E-state index in [1.54, 1.807) is 24.3 Å². The van der Waals surface area contributed by atoms with Crippen LogP contribution < -0.4 is 20.1 Å². The van der Waals surface area contributed by atoms with Gasteiger partial charge in [-0.2, -0.15) is 0 Å². The van der Waals surface area contributed by atoms with E-state index >= 15 is 0 Å². The lowest BCUT2D eigenvalue weighted by atomic mass is 9.58. The minimum absolute atomic E-state index is 0.0465. The fraction of sp³-hybridized carbons (Fsp3) is 0.725. The van der Waals surface area contributed by atoms with Gasteiger partial charge in [0.2, 0.25) is 24.2 Å². The van der Waals surface area contributed by atoms with Crippen LogP contribution >= 0.6 is 0 Å². The van der Waals surface area contributed by atoms with Gasteiger partial charge in [0.15, 0.2) is 23.8 Å². The highest BCUT2D eigenvalue weighted by Gasteiger charge is 2.71. The molecule has 2 saturated carbocycles. The number of hydrogen-bond acceptors (Lipinski definition) is 13. The molecule has 0 radical (unpaired) electrons. The van der Waals surface area contributed by atoms with E-state index in [9.17, 15) is 9.59 Å². The van der Waals surface area contributed by atoms with Crippen molar-refractivity contribution in [3.63, 3.8) is 0 Å². The number of nitrogens with zero attached hydrogens (tertiary/aromatic N) is 1. The van der Waals surface area contributed by atoms with Gasteiger partial charge >= 0.3 is 0 Å². The van der Waals surface area contributed by atoms with Crippen LogP contribution in [0.5, 0.6) is 11.5 Å². The molecule has 2 aliphatic carbocycles. The first-order chi connectivity index (χ1) is 31.7. The number of ether oxygens (including phenoxy) is 6. The monoisotopic (exact) mass is 918 g/mol. The lowest BCUT2D eigenvalue weighted by Crippen LogP contribution is -2.70. The molecule has 15 heteroatoms. The second kappa shape index (κ2) is 18.2. The van der Waals surface area contributed by atoms with Crippen molar-refractivity contribution >= 4 is 11.8 Å². The second-order valence-corrected chi connectivity index (χ2v) is 21.4. The van der Waals surface area contributed by atoms with Gasteiger partial charge in [0.1, 0.15) is 11.5 Å². The minimum Gasteiger partial charge on any atom is -0.465 e. The van der Waals surface area contributed by atoms with Crippen molar-refractivity contribution in [3.8, 4) is 11.5 Å². The highest BCUT2D eigenvalue weighted by atomic mass is 17.3. The average molecular weight is 918 g/mol. The quantitative estimate of drug-likeness (QED) is 0.141. The van der Waals surface area contributed by atoms with Crippen molar-refractivity contribution < 1.29 is 57.6 Å². The summed E-state index contributed by atoms with van der Waals surface area (Å²) >= 11 is 0. The summed E-state index contributed by atoms with van der Waals surface area (Å²) in [6, 6.07) is 14.5. The Morgan fingerprint density at radius 3 is 1.41 bits per heavy atom. The summed E-state index contributed by atoms with van der Waals surface area (Å²) in [7, 11) is 2.05. The third-order valence-corrected chi connectivity index (χ3v) is 16.9. The largest absolute Gasteiger partial charge is 0.465 e. The highest BCUT2D eigenvalue weighted by molar-refractivity contribution is 5.94. The number of hydrogen-bond donors (Lipinski definition) is 2. The zero-order valence-electron chi connectivity index (χ0n) is 39.8. The van der Waals surface area contributed by atoms with Crippen LogP contribution in [0.1, 0.15) is 126 Å². The first-order valence-electron chi connectivity index (χ1n) is 24.9. The van der Waals surface area contributed by atoms with Gasteiger partial charge in [-0.05, 0) is 158 Å². The first-order valence-corrected chi connectivity index (χ1v) is 24.9. The summed E-state index contributed by atoms with van der Waals surface area (Å²) in [5, 5.41) is 6.09. The van der Waals surface area contributed by atoms with E-state index in [1.807, 2.05) is 38.1 Å². The molecule has 15 nitrogen and oxygen atoms in total. The van der Waals surface area contributed by atoms with Crippen molar-refractivity contribution in [2.45, 2.75) is 154 Å². The standard InChI is InChI=1S/C51H71N3O12/c1-30-10-20-40-32(3)44(59-46-50(40)38(30)22-24-48(5,61-46)63-65-50)57-36-16-12-34(13-17-36)42(55)52-26-8-28-54(7)29-9-27-53-43(56)35-14-18-37(19-15-35)58-45-33(4)41-21-11-31(2)39-23-25-49(6)62-47(60-45)51(39,41)66-64-49/h12-19,30-33,38-41,44-47H,8-11,20-29H2,1-7H3,(H,52,55)(H,53,56)/t30-,31-,32-,33-,38?,39?,40?,41?,44+,45?,46?,47?,48+,49-,50-,51-/m1/s1. The molecule has 8 saturated heterocycles. The van der Waals surface area contributed by atoms with Crippen LogP contribution in [0.2, 0.25) is 0 Å². The molecule has 10 aliphatic rings. The molecule has 2 N–H and O–H groups in total. The van der Waals surface area contributed by atoms with Crippen LogP contribution in [0.3, 0.4) is 0 Å². The molecular formula is C51H71N3O12. The molecule has 66 heavy (non-hydrogen) atoms. The van der Waals surface area contributed by atoms with Crippen LogP contribution in [-0.4, -0.2) is 97.9 Å². The molecule has 8 aliphatic heterocycles. The van der Waals surface area contributed by atoms with Gasteiger partial charge in [-0.1, -0.05) is 27.7 Å². The van der Waals surface area contributed by atoms with Gasteiger partial charge in [-0.3, -0.25) is 9.59 Å². The number of carbonyl (C=O) groups excluding carboxylic acids is 2. The van der Waals surface area contributed by atoms with E-state index in [0.717, 1.165) is 77.3 Å². The Kier molecular flexibility index (Phi) is 12.8. The van der Waals surface area contributed by atoms with Gasteiger partial charge in [0.25, 0.3) is 11.8 Å². The van der Waals surface area contributed by atoms with Crippen LogP contribution in [-0.2, 0) is 38.5 Å². The first kappa shape index (κ1) is 46.4. The fourth-order valence-corrected chi connectivity index (χ4v) is 13.1. The van der Waals surface area contributed by atoms with Crippen LogP contribution in [0, 0.1) is 47.3 Å².